The molecule has 2 heterocycles. The zero-order valence-corrected chi connectivity index (χ0v) is 12.7. The van der Waals surface area contributed by atoms with E-state index in [4.69, 9.17) is 0 Å². The van der Waals surface area contributed by atoms with E-state index in [1.807, 2.05) is 6.20 Å². The Bertz CT molecular complexity index is 653. The quantitative estimate of drug-likeness (QED) is 0.772. The molecular formula is C16H19N3S. The molecule has 1 aromatic carbocycles. The summed E-state index contributed by atoms with van der Waals surface area (Å²) in [5.41, 5.74) is 3.80. The third-order valence-electron chi connectivity index (χ3n) is 3.62. The molecule has 0 saturated carbocycles. The molecule has 1 N–H and O–H groups in total. The van der Waals surface area contributed by atoms with E-state index in [0.29, 0.717) is 6.04 Å². The van der Waals surface area contributed by atoms with Gasteiger partial charge in [0.05, 0.1) is 5.69 Å². The maximum absolute atomic E-state index is 4.58. The molecule has 4 heteroatoms. The molecule has 104 valence electrons. The Morgan fingerprint density at radius 3 is 2.80 bits per heavy atom. The summed E-state index contributed by atoms with van der Waals surface area (Å²) in [7, 11) is 0. The number of aryl methyl sites for hydroxylation is 1. The summed E-state index contributed by atoms with van der Waals surface area (Å²) >= 11 is 1.67. The summed E-state index contributed by atoms with van der Waals surface area (Å²) in [6, 6.07) is 9.17. The summed E-state index contributed by atoms with van der Waals surface area (Å²) in [5.74, 6) is 0. The highest BCUT2D eigenvalue weighted by Crippen LogP contribution is 2.15. The third kappa shape index (κ3) is 2.76. The van der Waals surface area contributed by atoms with Gasteiger partial charge in [-0.1, -0.05) is 31.2 Å². The summed E-state index contributed by atoms with van der Waals surface area (Å²) in [6.45, 7) is 5.17. The van der Waals surface area contributed by atoms with Gasteiger partial charge in [-0.05, 0) is 24.5 Å². The standard InChI is InChI=1S/C16H19N3S/c1-3-13-4-6-14(7-5-13)12(2)17-10-15-11-19-8-9-20-16(19)18-15/h4-9,11-12,17H,3,10H2,1-2H3. The third-order valence-corrected chi connectivity index (χ3v) is 4.39. The van der Waals surface area contributed by atoms with Gasteiger partial charge in [-0.15, -0.1) is 11.3 Å². The van der Waals surface area contributed by atoms with Crippen molar-refractivity contribution in [1.82, 2.24) is 14.7 Å². The molecule has 3 nitrogen and oxygen atoms in total. The summed E-state index contributed by atoms with van der Waals surface area (Å²) in [4.78, 5) is 5.64. The number of nitrogens with one attached hydrogen (secondary N) is 1. The molecule has 2 aromatic heterocycles. The summed E-state index contributed by atoms with van der Waals surface area (Å²) < 4.78 is 2.07. The average Bonchev–Trinajstić information content (AvgIpc) is 3.06. The van der Waals surface area contributed by atoms with Crippen molar-refractivity contribution >= 4 is 16.3 Å². The molecule has 0 amide bonds. The Labute approximate surface area is 123 Å². The first-order valence-electron chi connectivity index (χ1n) is 6.99. The van der Waals surface area contributed by atoms with Crippen molar-refractivity contribution in [1.29, 1.82) is 0 Å². The van der Waals surface area contributed by atoms with Crippen LogP contribution in [-0.4, -0.2) is 9.38 Å². The smallest absolute Gasteiger partial charge is 0.193 e. The van der Waals surface area contributed by atoms with E-state index in [2.05, 4.69) is 64.4 Å². The number of hydrogen-bond donors (Lipinski definition) is 1. The maximum Gasteiger partial charge on any atom is 0.193 e. The number of nitrogens with zero attached hydrogens (tertiary/aromatic N) is 2. The van der Waals surface area contributed by atoms with Crippen LogP contribution < -0.4 is 5.32 Å². The summed E-state index contributed by atoms with van der Waals surface area (Å²) in [6.07, 6.45) is 5.22. The molecule has 1 atom stereocenters. The van der Waals surface area contributed by atoms with Gasteiger partial charge < -0.3 is 5.32 Å². The van der Waals surface area contributed by atoms with Crippen molar-refractivity contribution in [2.24, 2.45) is 0 Å². The predicted molar refractivity (Wildman–Crippen MR) is 84.1 cm³/mol. The number of rotatable bonds is 5. The first-order valence-corrected chi connectivity index (χ1v) is 7.87. The monoisotopic (exact) mass is 285 g/mol. The average molecular weight is 285 g/mol. The van der Waals surface area contributed by atoms with Gasteiger partial charge in [-0.25, -0.2) is 4.98 Å². The van der Waals surface area contributed by atoms with E-state index in [9.17, 15) is 0 Å². The lowest BCUT2D eigenvalue weighted by Gasteiger charge is -2.13. The van der Waals surface area contributed by atoms with Crippen molar-refractivity contribution in [3.8, 4) is 0 Å². The van der Waals surface area contributed by atoms with E-state index in [1.165, 1.54) is 11.1 Å². The van der Waals surface area contributed by atoms with Crippen LogP contribution in [0.4, 0.5) is 0 Å². The van der Waals surface area contributed by atoms with Gasteiger partial charge in [0.25, 0.3) is 0 Å². The molecule has 3 aromatic rings. The second-order valence-electron chi connectivity index (χ2n) is 5.02. The zero-order valence-electron chi connectivity index (χ0n) is 11.8. The van der Waals surface area contributed by atoms with Crippen LogP contribution >= 0.6 is 11.3 Å². The highest BCUT2D eigenvalue weighted by molar-refractivity contribution is 7.15. The number of imidazole rings is 1. The van der Waals surface area contributed by atoms with Crippen molar-refractivity contribution in [3.63, 3.8) is 0 Å². The normalized spacial score (nSPS) is 12.9. The van der Waals surface area contributed by atoms with Crippen molar-refractivity contribution in [2.45, 2.75) is 32.9 Å². The van der Waals surface area contributed by atoms with E-state index < -0.39 is 0 Å². The fraction of sp³-hybridized carbons (Fsp3) is 0.312. The Hall–Kier alpha value is -1.65. The molecule has 0 bridgehead atoms. The fourth-order valence-electron chi connectivity index (χ4n) is 2.28. The topological polar surface area (TPSA) is 29.3 Å². The number of benzene rings is 1. The molecule has 0 spiro atoms. The highest BCUT2D eigenvalue weighted by Gasteiger charge is 2.07. The number of fused-ring (bicyclic) bond motifs is 1. The number of hydrogen-bond acceptors (Lipinski definition) is 3. The van der Waals surface area contributed by atoms with E-state index in [-0.39, 0.29) is 0 Å². The van der Waals surface area contributed by atoms with Crippen LogP contribution in [-0.2, 0) is 13.0 Å². The lowest BCUT2D eigenvalue weighted by Crippen LogP contribution is -2.18. The van der Waals surface area contributed by atoms with Crippen LogP contribution in [0.2, 0.25) is 0 Å². The molecule has 20 heavy (non-hydrogen) atoms. The van der Waals surface area contributed by atoms with Crippen LogP contribution in [0, 0.1) is 0 Å². The zero-order chi connectivity index (χ0) is 13.9. The van der Waals surface area contributed by atoms with Crippen LogP contribution in [0.3, 0.4) is 0 Å². The molecule has 0 aliphatic carbocycles. The molecule has 0 aliphatic rings. The largest absolute Gasteiger partial charge is 0.305 e. The van der Waals surface area contributed by atoms with Crippen LogP contribution in [0.5, 0.6) is 0 Å². The summed E-state index contributed by atoms with van der Waals surface area (Å²) in [5, 5.41) is 5.59. The van der Waals surface area contributed by atoms with Gasteiger partial charge in [-0.3, -0.25) is 4.40 Å². The molecule has 1 unspecified atom stereocenters. The van der Waals surface area contributed by atoms with Crippen molar-refractivity contribution < 1.29 is 0 Å². The van der Waals surface area contributed by atoms with Gasteiger partial charge >= 0.3 is 0 Å². The Kier molecular flexibility index (Phi) is 3.85. The molecule has 3 rings (SSSR count). The Morgan fingerprint density at radius 1 is 1.30 bits per heavy atom. The van der Waals surface area contributed by atoms with Gasteiger partial charge in [0.2, 0.25) is 0 Å². The maximum atomic E-state index is 4.58. The fourth-order valence-corrected chi connectivity index (χ4v) is 3.00. The SMILES string of the molecule is CCc1ccc(C(C)NCc2cn3ccsc3n2)cc1. The van der Waals surface area contributed by atoms with Crippen LogP contribution in [0.15, 0.2) is 42.0 Å². The predicted octanol–water partition coefficient (Wildman–Crippen LogP) is 3.81. The number of thiazole rings is 1. The Balaban J connectivity index is 1.63. The molecular weight excluding hydrogens is 266 g/mol. The first kappa shape index (κ1) is 13.3. The number of aromatic nitrogens is 2. The second-order valence-corrected chi connectivity index (χ2v) is 5.90. The van der Waals surface area contributed by atoms with Crippen molar-refractivity contribution in [2.75, 3.05) is 0 Å². The van der Waals surface area contributed by atoms with Crippen LogP contribution in [0.25, 0.3) is 4.96 Å². The van der Waals surface area contributed by atoms with Gasteiger partial charge in [0.15, 0.2) is 4.96 Å². The van der Waals surface area contributed by atoms with Crippen LogP contribution in [0.1, 0.15) is 36.7 Å². The molecule has 0 saturated heterocycles. The van der Waals surface area contributed by atoms with E-state index >= 15 is 0 Å². The Morgan fingerprint density at radius 2 is 2.10 bits per heavy atom. The van der Waals surface area contributed by atoms with Gasteiger partial charge in [-0.2, -0.15) is 0 Å². The highest BCUT2D eigenvalue weighted by atomic mass is 32.1. The molecule has 0 fully saturated rings. The minimum atomic E-state index is 0.334. The molecule has 0 aliphatic heterocycles. The minimum absolute atomic E-state index is 0.334. The van der Waals surface area contributed by atoms with E-state index in [0.717, 1.165) is 23.6 Å². The van der Waals surface area contributed by atoms with Crippen molar-refractivity contribution in [3.05, 3.63) is 58.9 Å². The molecule has 0 radical (unpaired) electrons. The minimum Gasteiger partial charge on any atom is -0.305 e. The van der Waals surface area contributed by atoms with E-state index in [1.54, 1.807) is 11.3 Å². The lowest BCUT2D eigenvalue weighted by molar-refractivity contribution is 0.569. The van der Waals surface area contributed by atoms with Gasteiger partial charge in [0, 0.05) is 30.4 Å². The second kappa shape index (κ2) is 5.77. The lowest BCUT2D eigenvalue weighted by atomic mass is 10.1. The van der Waals surface area contributed by atoms with Gasteiger partial charge in [0.1, 0.15) is 0 Å². The first-order chi connectivity index (χ1) is 9.76.